The molecule has 0 saturated heterocycles. The fourth-order valence-corrected chi connectivity index (χ4v) is 0.898. The van der Waals surface area contributed by atoms with Gasteiger partial charge in [-0.25, -0.2) is 0 Å². The molecule has 72 valence electrons. The summed E-state index contributed by atoms with van der Waals surface area (Å²) < 4.78 is 5.11. The van der Waals surface area contributed by atoms with E-state index in [1.54, 1.807) is 7.11 Å². The molecule has 0 aliphatic heterocycles. The molecule has 0 aromatic rings. The van der Waals surface area contributed by atoms with Gasteiger partial charge in [0.05, 0.1) is 11.9 Å². The van der Waals surface area contributed by atoms with Crippen LogP contribution in [0.3, 0.4) is 0 Å². The third kappa shape index (κ3) is 5.13. The van der Waals surface area contributed by atoms with Crippen LogP contribution < -0.4 is 0 Å². The SMILES string of the molecule is COC(C)CCCC(=N)N(C)C. The largest absolute Gasteiger partial charge is 0.382 e. The van der Waals surface area contributed by atoms with E-state index in [0.717, 1.165) is 19.3 Å². The minimum absolute atomic E-state index is 0.319. The Balaban J connectivity index is 3.37. The fraction of sp³-hybridized carbons (Fsp3) is 0.889. The van der Waals surface area contributed by atoms with Crippen molar-refractivity contribution in [2.75, 3.05) is 21.2 Å². The molecule has 0 heterocycles. The molecule has 3 heteroatoms. The maximum absolute atomic E-state index is 7.53. The van der Waals surface area contributed by atoms with E-state index in [1.807, 2.05) is 19.0 Å². The first-order valence-corrected chi connectivity index (χ1v) is 4.35. The van der Waals surface area contributed by atoms with Crippen molar-refractivity contribution >= 4 is 5.84 Å². The molecule has 0 amide bonds. The highest BCUT2D eigenvalue weighted by atomic mass is 16.5. The summed E-state index contributed by atoms with van der Waals surface area (Å²) in [5.41, 5.74) is 0. The summed E-state index contributed by atoms with van der Waals surface area (Å²) in [6.07, 6.45) is 3.24. The molecular weight excluding hydrogens is 152 g/mol. The van der Waals surface area contributed by atoms with Gasteiger partial charge in [0.15, 0.2) is 0 Å². The second-order valence-corrected chi connectivity index (χ2v) is 3.28. The Morgan fingerprint density at radius 3 is 2.50 bits per heavy atom. The zero-order valence-corrected chi connectivity index (χ0v) is 8.55. The van der Waals surface area contributed by atoms with Gasteiger partial charge in [0.2, 0.25) is 0 Å². The molecule has 0 aliphatic carbocycles. The summed E-state index contributed by atoms with van der Waals surface area (Å²) in [6, 6.07) is 0. The van der Waals surface area contributed by atoms with Gasteiger partial charge in [0.25, 0.3) is 0 Å². The van der Waals surface area contributed by atoms with Crippen LogP contribution in [-0.2, 0) is 4.74 Å². The third-order valence-corrected chi connectivity index (χ3v) is 1.97. The summed E-state index contributed by atoms with van der Waals surface area (Å²) in [4.78, 5) is 1.84. The Kier molecular flexibility index (Phi) is 5.72. The number of nitrogens with zero attached hydrogens (tertiary/aromatic N) is 1. The number of hydrogen-bond acceptors (Lipinski definition) is 2. The predicted octanol–water partition coefficient (Wildman–Crippen LogP) is 1.73. The third-order valence-electron chi connectivity index (χ3n) is 1.97. The summed E-state index contributed by atoms with van der Waals surface area (Å²) >= 11 is 0. The normalized spacial score (nSPS) is 12.7. The zero-order chi connectivity index (χ0) is 9.56. The van der Waals surface area contributed by atoms with Crippen LogP contribution in [0, 0.1) is 5.41 Å². The van der Waals surface area contributed by atoms with E-state index in [1.165, 1.54) is 0 Å². The van der Waals surface area contributed by atoms with Crippen molar-refractivity contribution in [3.05, 3.63) is 0 Å². The van der Waals surface area contributed by atoms with Gasteiger partial charge in [0, 0.05) is 27.6 Å². The van der Waals surface area contributed by atoms with Gasteiger partial charge in [0.1, 0.15) is 0 Å². The highest BCUT2D eigenvalue weighted by Gasteiger charge is 2.02. The molecule has 0 fully saturated rings. The van der Waals surface area contributed by atoms with Crippen LogP contribution >= 0.6 is 0 Å². The summed E-state index contributed by atoms with van der Waals surface area (Å²) in [5, 5.41) is 7.53. The monoisotopic (exact) mass is 172 g/mol. The van der Waals surface area contributed by atoms with Crippen molar-refractivity contribution < 1.29 is 4.74 Å². The second-order valence-electron chi connectivity index (χ2n) is 3.28. The van der Waals surface area contributed by atoms with E-state index < -0.39 is 0 Å². The summed E-state index contributed by atoms with van der Waals surface area (Å²) in [5.74, 6) is 0.693. The number of ether oxygens (including phenoxy) is 1. The van der Waals surface area contributed by atoms with Crippen LogP contribution in [0.5, 0.6) is 0 Å². The molecule has 0 radical (unpaired) electrons. The minimum Gasteiger partial charge on any atom is -0.382 e. The van der Waals surface area contributed by atoms with E-state index in [9.17, 15) is 0 Å². The van der Waals surface area contributed by atoms with Crippen molar-refractivity contribution in [2.45, 2.75) is 32.3 Å². The molecule has 0 rings (SSSR count). The molecular formula is C9H20N2O. The Labute approximate surface area is 75.2 Å². The number of methoxy groups -OCH3 is 1. The van der Waals surface area contributed by atoms with E-state index in [4.69, 9.17) is 10.1 Å². The Bertz CT molecular complexity index is 134. The first-order chi connectivity index (χ1) is 5.57. The quantitative estimate of drug-likeness (QED) is 0.506. The minimum atomic E-state index is 0.319. The van der Waals surface area contributed by atoms with Crippen molar-refractivity contribution in [2.24, 2.45) is 0 Å². The van der Waals surface area contributed by atoms with Crippen LogP contribution in [0.1, 0.15) is 26.2 Å². The maximum Gasteiger partial charge on any atom is 0.0952 e. The lowest BCUT2D eigenvalue weighted by atomic mass is 10.1. The molecule has 0 spiro atoms. The fourth-order valence-electron chi connectivity index (χ4n) is 0.898. The molecule has 0 saturated carbocycles. The van der Waals surface area contributed by atoms with Gasteiger partial charge < -0.3 is 9.64 Å². The number of rotatable bonds is 5. The highest BCUT2D eigenvalue weighted by molar-refractivity contribution is 5.78. The van der Waals surface area contributed by atoms with Crippen molar-refractivity contribution in [3.63, 3.8) is 0 Å². The molecule has 0 aliphatic rings. The highest BCUT2D eigenvalue weighted by Crippen LogP contribution is 2.04. The molecule has 1 atom stereocenters. The molecule has 0 aromatic carbocycles. The van der Waals surface area contributed by atoms with Crippen molar-refractivity contribution in [3.8, 4) is 0 Å². The predicted molar refractivity (Wildman–Crippen MR) is 51.7 cm³/mol. The lowest BCUT2D eigenvalue weighted by molar-refractivity contribution is 0.109. The average molecular weight is 172 g/mol. The van der Waals surface area contributed by atoms with Crippen LogP contribution in [0.25, 0.3) is 0 Å². The molecule has 0 aromatic heterocycles. The van der Waals surface area contributed by atoms with Gasteiger partial charge in [-0.15, -0.1) is 0 Å². The Hall–Kier alpha value is -0.570. The smallest absolute Gasteiger partial charge is 0.0952 e. The Morgan fingerprint density at radius 1 is 1.50 bits per heavy atom. The van der Waals surface area contributed by atoms with Gasteiger partial charge in [-0.05, 0) is 19.8 Å². The van der Waals surface area contributed by atoms with E-state index in [2.05, 4.69) is 6.92 Å². The van der Waals surface area contributed by atoms with Gasteiger partial charge >= 0.3 is 0 Å². The van der Waals surface area contributed by atoms with Gasteiger partial charge in [-0.1, -0.05) is 0 Å². The van der Waals surface area contributed by atoms with Crippen molar-refractivity contribution in [1.82, 2.24) is 4.90 Å². The zero-order valence-electron chi connectivity index (χ0n) is 8.55. The van der Waals surface area contributed by atoms with Gasteiger partial charge in [-0.3, -0.25) is 5.41 Å². The van der Waals surface area contributed by atoms with Crippen LogP contribution in [-0.4, -0.2) is 38.0 Å². The van der Waals surface area contributed by atoms with E-state index in [-0.39, 0.29) is 0 Å². The van der Waals surface area contributed by atoms with E-state index >= 15 is 0 Å². The first-order valence-electron chi connectivity index (χ1n) is 4.35. The topological polar surface area (TPSA) is 36.3 Å². The number of hydrogen-bond donors (Lipinski definition) is 1. The molecule has 1 unspecified atom stereocenters. The molecule has 3 nitrogen and oxygen atoms in total. The lowest BCUT2D eigenvalue weighted by Gasteiger charge is -2.14. The standard InChI is InChI=1S/C9H20N2O/c1-8(12-4)6-5-7-9(10)11(2)3/h8,10H,5-7H2,1-4H3. The first kappa shape index (κ1) is 11.4. The lowest BCUT2D eigenvalue weighted by Crippen LogP contribution is -2.20. The van der Waals surface area contributed by atoms with Crippen LogP contribution in [0.2, 0.25) is 0 Å². The summed E-state index contributed by atoms with van der Waals surface area (Å²) in [7, 11) is 5.53. The number of nitrogens with one attached hydrogen (secondary N) is 1. The average Bonchev–Trinajstić information content (AvgIpc) is 2.03. The molecule has 0 bridgehead atoms. The number of amidine groups is 1. The van der Waals surface area contributed by atoms with E-state index in [0.29, 0.717) is 11.9 Å². The second kappa shape index (κ2) is 6.00. The van der Waals surface area contributed by atoms with Crippen molar-refractivity contribution in [1.29, 1.82) is 5.41 Å². The Morgan fingerprint density at radius 2 is 2.08 bits per heavy atom. The van der Waals surface area contributed by atoms with Crippen LogP contribution in [0.15, 0.2) is 0 Å². The molecule has 12 heavy (non-hydrogen) atoms. The molecule has 1 N–H and O–H groups in total. The van der Waals surface area contributed by atoms with Gasteiger partial charge in [-0.2, -0.15) is 0 Å². The summed E-state index contributed by atoms with van der Waals surface area (Å²) in [6.45, 7) is 2.05. The maximum atomic E-state index is 7.53. The van der Waals surface area contributed by atoms with Crippen LogP contribution in [0.4, 0.5) is 0 Å².